The Kier molecular flexibility index (Phi) is 5.11. The summed E-state index contributed by atoms with van der Waals surface area (Å²) in [6.07, 6.45) is -0.521. The van der Waals surface area contributed by atoms with E-state index in [-0.39, 0.29) is 17.0 Å². The average molecular weight is 453 g/mol. The summed E-state index contributed by atoms with van der Waals surface area (Å²) in [5.74, 6) is -1.41. The van der Waals surface area contributed by atoms with Gasteiger partial charge in [-0.2, -0.15) is 0 Å². The third kappa shape index (κ3) is 3.76. The lowest BCUT2D eigenvalue weighted by molar-refractivity contribution is -0.133. The number of amides is 1. The van der Waals surface area contributed by atoms with E-state index in [4.69, 9.17) is 0 Å². The second kappa shape index (κ2) is 7.06. The Labute approximate surface area is 165 Å². The lowest BCUT2D eigenvalue weighted by Crippen LogP contribution is -2.36. The second-order valence-corrected chi connectivity index (χ2v) is 9.08. The number of ketones is 1. The number of aliphatic hydroxyl groups is 1. The molecule has 27 heavy (non-hydrogen) atoms. The highest BCUT2D eigenvalue weighted by Crippen LogP contribution is 2.40. The van der Waals surface area contributed by atoms with Crippen LogP contribution in [0.1, 0.15) is 29.3 Å². The molecule has 0 spiro atoms. The van der Waals surface area contributed by atoms with E-state index >= 15 is 0 Å². The third-order valence-corrected chi connectivity index (χ3v) is 6.12. The first-order valence-corrected chi connectivity index (χ1v) is 10.6. The number of carbonyl (C=O) groups is 2. The Hall–Kier alpha value is -2.23. The van der Waals surface area contributed by atoms with E-state index in [2.05, 4.69) is 26.0 Å². The lowest BCUT2D eigenvalue weighted by Gasteiger charge is -2.21. The number of Topliss-reactive ketones (excluding diaryl/α,β-unsaturated/α-hetero) is 1. The largest absolute Gasteiger partial charge is 0.375 e. The minimum absolute atomic E-state index is 0.0826. The molecular formula is C18H17BrN2O5S. The van der Waals surface area contributed by atoms with Crippen LogP contribution in [-0.4, -0.2) is 31.0 Å². The standard InChI is InChI=1S/C18H17BrN2O5S/c1-2-27(25,26)21-14-6-4-3-5-12(14)16(22)10-18(24)13-9-11(19)7-8-15(13)20-17(18)23/h3-9,21,24H,2,10H2,1H3,(H,20,23)/t18-/m0/s1. The summed E-state index contributed by atoms with van der Waals surface area (Å²) in [4.78, 5) is 25.2. The maximum atomic E-state index is 12.9. The van der Waals surface area contributed by atoms with Gasteiger partial charge < -0.3 is 10.4 Å². The van der Waals surface area contributed by atoms with E-state index in [0.717, 1.165) is 0 Å². The molecule has 9 heteroatoms. The molecule has 0 aliphatic carbocycles. The molecule has 142 valence electrons. The Bertz CT molecular complexity index is 1040. The van der Waals surface area contributed by atoms with Crippen LogP contribution < -0.4 is 10.0 Å². The third-order valence-electron chi connectivity index (χ3n) is 4.34. The van der Waals surface area contributed by atoms with Crippen LogP contribution in [0.25, 0.3) is 0 Å². The van der Waals surface area contributed by atoms with Gasteiger partial charge in [0.05, 0.1) is 17.9 Å². The van der Waals surface area contributed by atoms with E-state index < -0.39 is 33.7 Å². The van der Waals surface area contributed by atoms with Gasteiger partial charge in [-0.3, -0.25) is 14.3 Å². The summed E-state index contributed by atoms with van der Waals surface area (Å²) in [6.45, 7) is 1.48. The predicted molar refractivity (Wildman–Crippen MR) is 105 cm³/mol. The SMILES string of the molecule is CCS(=O)(=O)Nc1ccccc1C(=O)C[C@@]1(O)C(=O)Nc2ccc(Br)cc21. The van der Waals surface area contributed by atoms with E-state index in [1.165, 1.54) is 19.1 Å². The molecule has 0 radical (unpaired) electrons. The molecule has 3 N–H and O–H groups in total. The number of anilines is 2. The maximum Gasteiger partial charge on any atom is 0.261 e. The first-order valence-electron chi connectivity index (χ1n) is 8.13. The molecule has 2 aromatic carbocycles. The number of sulfonamides is 1. The highest BCUT2D eigenvalue weighted by atomic mass is 79.9. The molecule has 3 rings (SSSR count). The molecule has 0 bridgehead atoms. The lowest BCUT2D eigenvalue weighted by atomic mass is 9.88. The molecule has 0 unspecified atom stereocenters. The second-order valence-electron chi connectivity index (χ2n) is 6.16. The zero-order valence-corrected chi connectivity index (χ0v) is 16.7. The van der Waals surface area contributed by atoms with Gasteiger partial charge in [0.1, 0.15) is 0 Å². The molecule has 2 aromatic rings. The van der Waals surface area contributed by atoms with Gasteiger partial charge in [-0.15, -0.1) is 0 Å². The first kappa shape index (κ1) is 19.5. The monoisotopic (exact) mass is 452 g/mol. The highest BCUT2D eigenvalue weighted by molar-refractivity contribution is 9.10. The van der Waals surface area contributed by atoms with Crippen molar-refractivity contribution in [2.75, 3.05) is 15.8 Å². The van der Waals surface area contributed by atoms with E-state index in [1.807, 2.05) is 0 Å². The van der Waals surface area contributed by atoms with Gasteiger partial charge in [-0.1, -0.05) is 28.1 Å². The number of fused-ring (bicyclic) bond motifs is 1. The Morgan fingerprint density at radius 1 is 1.26 bits per heavy atom. The van der Waals surface area contributed by atoms with E-state index in [1.54, 1.807) is 30.3 Å². The summed E-state index contributed by atoms with van der Waals surface area (Å²) in [5.41, 5.74) is -1.12. The van der Waals surface area contributed by atoms with Crippen molar-refractivity contribution >= 4 is 49.0 Å². The predicted octanol–water partition coefficient (Wildman–Crippen LogP) is 2.62. The summed E-state index contributed by atoms with van der Waals surface area (Å²) in [7, 11) is -3.59. The summed E-state index contributed by atoms with van der Waals surface area (Å²) < 4.78 is 26.7. The van der Waals surface area contributed by atoms with Crippen molar-refractivity contribution < 1.29 is 23.1 Å². The van der Waals surface area contributed by atoms with E-state index in [0.29, 0.717) is 15.7 Å². The van der Waals surface area contributed by atoms with Crippen molar-refractivity contribution in [1.82, 2.24) is 0 Å². The van der Waals surface area contributed by atoms with Crippen molar-refractivity contribution in [2.45, 2.75) is 18.9 Å². The fraction of sp³-hybridized carbons (Fsp3) is 0.222. The smallest absolute Gasteiger partial charge is 0.261 e. The zero-order chi connectivity index (χ0) is 19.8. The Morgan fingerprint density at radius 3 is 2.67 bits per heavy atom. The maximum absolute atomic E-state index is 12.9. The van der Waals surface area contributed by atoms with Gasteiger partial charge >= 0.3 is 0 Å². The van der Waals surface area contributed by atoms with Crippen molar-refractivity contribution in [1.29, 1.82) is 0 Å². The fourth-order valence-corrected chi connectivity index (χ4v) is 3.89. The van der Waals surface area contributed by atoms with Gasteiger partial charge in [0.15, 0.2) is 11.4 Å². The quantitative estimate of drug-likeness (QED) is 0.583. The van der Waals surface area contributed by atoms with Gasteiger partial charge in [-0.25, -0.2) is 8.42 Å². The normalized spacial score (nSPS) is 18.7. The van der Waals surface area contributed by atoms with Gasteiger partial charge in [-0.05, 0) is 37.3 Å². The van der Waals surface area contributed by atoms with Crippen LogP contribution >= 0.6 is 15.9 Å². The van der Waals surface area contributed by atoms with Crippen molar-refractivity contribution in [3.63, 3.8) is 0 Å². The molecule has 0 aromatic heterocycles. The number of hydrogen-bond donors (Lipinski definition) is 3. The van der Waals surface area contributed by atoms with Crippen LogP contribution in [0.2, 0.25) is 0 Å². The van der Waals surface area contributed by atoms with Crippen LogP contribution in [0.5, 0.6) is 0 Å². The molecule has 0 saturated heterocycles. The first-order chi connectivity index (χ1) is 12.7. The molecule has 0 fully saturated rings. The van der Waals surface area contributed by atoms with Crippen molar-refractivity contribution in [3.05, 3.63) is 58.1 Å². The highest BCUT2D eigenvalue weighted by Gasteiger charge is 2.47. The molecule has 1 heterocycles. The zero-order valence-electron chi connectivity index (χ0n) is 14.3. The molecule has 7 nitrogen and oxygen atoms in total. The minimum Gasteiger partial charge on any atom is -0.375 e. The molecule has 0 saturated carbocycles. The van der Waals surface area contributed by atoms with Crippen LogP contribution in [0, 0.1) is 0 Å². The number of para-hydroxylation sites is 1. The number of rotatable bonds is 6. The Balaban J connectivity index is 1.95. The van der Waals surface area contributed by atoms with Crippen LogP contribution in [0.15, 0.2) is 46.9 Å². The van der Waals surface area contributed by atoms with Crippen molar-refractivity contribution in [3.8, 4) is 0 Å². The minimum atomic E-state index is -3.59. The fourth-order valence-electron chi connectivity index (χ4n) is 2.87. The molecule has 1 amide bonds. The number of nitrogens with one attached hydrogen (secondary N) is 2. The molecular weight excluding hydrogens is 436 g/mol. The Morgan fingerprint density at radius 2 is 1.96 bits per heavy atom. The van der Waals surface area contributed by atoms with Gasteiger partial charge in [0.25, 0.3) is 5.91 Å². The summed E-state index contributed by atoms with van der Waals surface area (Å²) in [6, 6.07) is 11.0. The number of halogens is 1. The molecule has 1 aliphatic rings. The van der Waals surface area contributed by atoms with Crippen molar-refractivity contribution in [2.24, 2.45) is 0 Å². The van der Waals surface area contributed by atoms with Crippen LogP contribution in [0.4, 0.5) is 11.4 Å². The summed E-state index contributed by atoms with van der Waals surface area (Å²) in [5, 5.41) is 13.5. The molecule has 1 atom stereocenters. The number of hydrogen-bond acceptors (Lipinski definition) is 5. The number of carbonyl (C=O) groups excluding carboxylic acids is 2. The topological polar surface area (TPSA) is 113 Å². The van der Waals surface area contributed by atoms with Crippen LogP contribution in [-0.2, 0) is 20.4 Å². The number of benzene rings is 2. The van der Waals surface area contributed by atoms with Gasteiger partial charge in [0.2, 0.25) is 10.0 Å². The van der Waals surface area contributed by atoms with Gasteiger partial charge in [0, 0.05) is 21.3 Å². The summed E-state index contributed by atoms with van der Waals surface area (Å²) >= 11 is 3.29. The van der Waals surface area contributed by atoms with Crippen LogP contribution in [0.3, 0.4) is 0 Å². The van der Waals surface area contributed by atoms with E-state index in [9.17, 15) is 23.1 Å². The average Bonchev–Trinajstić information content (AvgIpc) is 2.85. The molecule has 1 aliphatic heterocycles.